The maximum absolute atomic E-state index is 6.09. The molecule has 1 aliphatic rings. The summed E-state index contributed by atoms with van der Waals surface area (Å²) in [7, 11) is 0. The van der Waals surface area contributed by atoms with Crippen molar-refractivity contribution in [3.05, 3.63) is 113 Å². The Morgan fingerprint density at radius 1 is 0.652 bits per heavy atom. The van der Waals surface area contributed by atoms with Crippen molar-refractivity contribution in [2.75, 3.05) is 0 Å². The molecule has 2 aromatic heterocycles. The van der Waals surface area contributed by atoms with Gasteiger partial charge in [-0.15, -0.1) is 0 Å². The lowest BCUT2D eigenvalue weighted by atomic mass is 9.73. The summed E-state index contributed by atoms with van der Waals surface area (Å²) >= 11 is 0. The first kappa shape index (κ1) is 28.7. The monoisotopic (exact) mass is 600 g/mol. The van der Waals surface area contributed by atoms with Gasteiger partial charge in [0.05, 0.1) is 22.9 Å². The van der Waals surface area contributed by atoms with E-state index < -0.39 is 0 Å². The zero-order chi connectivity index (χ0) is 32.0. The molecule has 5 aromatic carbocycles. The van der Waals surface area contributed by atoms with Crippen LogP contribution in [0.1, 0.15) is 77.5 Å². The van der Waals surface area contributed by atoms with Gasteiger partial charge >= 0.3 is 0 Å². The standard InChI is InChI=1S/C43H40N2O/c1-25-19-30(43(5,6)7)23-35-39(25)32-17-16-29(42(2,3)4)22-34(32)41-40(35)44-24-36(45-41)28-12-10-11-26(20-28)27-15-18-38-33(21-27)31-13-8-9-14-37(31)46-38/h8-18,20-25H,19H2,1-7H3. The SMILES string of the molecule is CC1CC(C(C)(C)C)=Cc2c1c1ccc(C(C)(C)C)cc1c1nc(-c3cccc(-c4ccc5oc6ccccc6c5c4)c3)cnc21. The number of allylic oxidation sites excluding steroid dienone is 1. The van der Waals surface area contributed by atoms with Crippen molar-refractivity contribution < 1.29 is 4.42 Å². The molecule has 1 unspecified atom stereocenters. The van der Waals surface area contributed by atoms with E-state index in [0.717, 1.165) is 61.8 Å². The van der Waals surface area contributed by atoms with Gasteiger partial charge in [-0.3, -0.25) is 4.98 Å². The molecule has 0 fully saturated rings. The van der Waals surface area contributed by atoms with Crippen LogP contribution >= 0.6 is 0 Å². The Balaban J connectivity index is 1.33. The summed E-state index contributed by atoms with van der Waals surface area (Å²) < 4.78 is 6.09. The third-order valence-corrected chi connectivity index (χ3v) is 9.92. The van der Waals surface area contributed by atoms with Crippen LogP contribution in [0.5, 0.6) is 0 Å². The number of furan rings is 1. The van der Waals surface area contributed by atoms with Crippen LogP contribution in [0.2, 0.25) is 0 Å². The highest BCUT2D eigenvalue weighted by atomic mass is 16.3. The van der Waals surface area contributed by atoms with E-state index in [4.69, 9.17) is 14.4 Å². The van der Waals surface area contributed by atoms with Crippen LogP contribution in [-0.4, -0.2) is 9.97 Å². The number of nitrogens with zero attached hydrogens (tertiary/aromatic N) is 2. The van der Waals surface area contributed by atoms with E-state index >= 15 is 0 Å². The summed E-state index contributed by atoms with van der Waals surface area (Å²) in [4.78, 5) is 10.6. The molecule has 3 nitrogen and oxygen atoms in total. The van der Waals surface area contributed by atoms with Gasteiger partial charge in [0.1, 0.15) is 11.2 Å². The van der Waals surface area contributed by atoms with Gasteiger partial charge in [0.25, 0.3) is 0 Å². The number of hydrogen-bond acceptors (Lipinski definition) is 3. The third-order valence-electron chi connectivity index (χ3n) is 9.92. The van der Waals surface area contributed by atoms with Crippen molar-refractivity contribution in [3.8, 4) is 22.4 Å². The highest BCUT2D eigenvalue weighted by molar-refractivity contribution is 6.11. The first-order valence-electron chi connectivity index (χ1n) is 16.5. The highest BCUT2D eigenvalue weighted by Crippen LogP contribution is 2.47. The number of para-hydroxylation sites is 1. The quantitative estimate of drug-likeness (QED) is 0.185. The predicted octanol–water partition coefficient (Wildman–Crippen LogP) is 12.3. The Labute approximate surface area is 271 Å². The Hall–Kier alpha value is -4.76. The fourth-order valence-corrected chi connectivity index (χ4v) is 7.26. The molecule has 2 heterocycles. The molecule has 0 bridgehead atoms. The molecule has 228 valence electrons. The predicted molar refractivity (Wildman–Crippen MR) is 194 cm³/mol. The van der Waals surface area contributed by atoms with Gasteiger partial charge in [-0.1, -0.05) is 115 Å². The number of fused-ring (bicyclic) bond motifs is 9. The number of aromatic nitrogens is 2. The molecule has 1 aliphatic carbocycles. The molecular weight excluding hydrogens is 560 g/mol. The molecule has 1 atom stereocenters. The van der Waals surface area contributed by atoms with Crippen molar-refractivity contribution >= 4 is 49.8 Å². The van der Waals surface area contributed by atoms with Crippen LogP contribution in [0.3, 0.4) is 0 Å². The van der Waals surface area contributed by atoms with Crippen molar-refractivity contribution in [2.24, 2.45) is 5.41 Å². The highest BCUT2D eigenvalue weighted by Gasteiger charge is 2.29. The largest absolute Gasteiger partial charge is 0.456 e. The molecule has 0 saturated carbocycles. The summed E-state index contributed by atoms with van der Waals surface area (Å²) in [6, 6.07) is 30.4. The minimum absolute atomic E-state index is 0.0299. The van der Waals surface area contributed by atoms with Crippen LogP contribution in [0, 0.1) is 5.41 Å². The molecule has 0 N–H and O–H groups in total. The van der Waals surface area contributed by atoms with Gasteiger partial charge in [0, 0.05) is 27.3 Å². The maximum Gasteiger partial charge on any atom is 0.135 e. The van der Waals surface area contributed by atoms with Crippen LogP contribution < -0.4 is 0 Å². The first-order valence-corrected chi connectivity index (χ1v) is 16.5. The van der Waals surface area contributed by atoms with Gasteiger partial charge in [-0.25, -0.2) is 4.98 Å². The second-order valence-corrected chi connectivity index (χ2v) is 15.2. The van der Waals surface area contributed by atoms with Gasteiger partial charge in [0.15, 0.2) is 0 Å². The maximum atomic E-state index is 6.09. The van der Waals surface area contributed by atoms with E-state index in [-0.39, 0.29) is 10.8 Å². The summed E-state index contributed by atoms with van der Waals surface area (Å²) in [5, 5.41) is 4.77. The molecule has 0 radical (unpaired) electrons. The number of rotatable bonds is 2. The van der Waals surface area contributed by atoms with Crippen LogP contribution in [0.25, 0.3) is 72.2 Å². The van der Waals surface area contributed by atoms with E-state index in [1.807, 2.05) is 18.3 Å². The molecule has 46 heavy (non-hydrogen) atoms. The van der Waals surface area contributed by atoms with Gasteiger partial charge in [-0.2, -0.15) is 0 Å². The molecule has 0 amide bonds. The lowest BCUT2D eigenvalue weighted by molar-refractivity contribution is 0.471. The molecule has 8 rings (SSSR count). The van der Waals surface area contributed by atoms with Crippen LogP contribution in [-0.2, 0) is 5.41 Å². The Morgan fingerprint density at radius 2 is 1.41 bits per heavy atom. The molecule has 7 aromatic rings. The van der Waals surface area contributed by atoms with Crippen molar-refractivity contribution in [1.82, 2.24) is 9.97 Å². The van der Waals surface area contributed by atoms with E-state index in [2.05, 4.69) is 127 Å². The van der Waals surface area contributed by atoms with E-state index in [1.54, 1.807) is 0 Å². The normalized spacial score (nSPS) is 15.5. The topological polar surface area (TPSA) is 38.9 Å². The summed E-state index contributed by atoms with van der Waals surface area (Å²) in [6.07, 6.45) is 5.45. The van der Waals surface area contributed by atoms with Gasteiger partial charge < -0.3 is 4.42 Å². The van der Waals surface area contributed by atoms with E-state index in [1.165, 1.54) is 33.0 Å². The zero-order valence-electron chi connectivity index (χ0n) is 27.8. The summed E-state index contributed by atoms with van der Waals surface area (Å²) in [5.41, 5.74) is 13.6. The Kier molecular flexibility index (Phi) is 6.31. The van der Waals surface area contributed by atoms with Crippen LogP contribution in [0.4, 0.5) is 0 Å². The number of benzene rings is 5. The smallest absolute Gasteiger partial charge is 0.135 e. The number of hydrogen-bond donors (Lipinski definition) is 0. The Morgan fingerprint density at radius 3 is 2.22 bits per heavy atom. The minimum Gasteiger partial charge on any atom is -0.456 e. The van der Waals surface area contributed by atoms with Gasteiger partial charge in [-0.05, 0) is 81.1 Å². The third kappa shape index (κ3) is 4.64. The fourth-order valence-electron chi connectivity index (χ4n) is 7.26. The van der Waals surface area contributed by atoms with E-state index in [9.17, 15) is 0 Å². The molecular formula is C43H40N2O. The molecule has 0 saturated heterocycles. The van der Waals surface area contributed by atoms with Crippen molar-refractivity contribution in [1.29, 1.82) is 0 Å². The lowest BCUT2D eigenvalue weighted by Crippen LogP contribution is -2.17. The van der Waals surface area contributed by atoms with E-state index in [0.29, 0.717) is 5.92 Å². The first-order chi connectivity index (χ1) is 22.0. The second-order valence-electron chi connectivity index (χ2n) is 15.2. The molecule has 0 spiro atoms. The minimum atomic E-state index is 0.0299. The zero-order valence-corrected chi connectivity index (χ0v) is 27.8. The average Bonchev–Trinajstić information content (AvgIpc) is 3.41. The van der Waals surface area contributed by atoms with Crippen molar-refractivity contribution in [2.45, 2.75) is 66.2 Å². The fraction of sp³-hybridized carbons (Fsp3) is 0.256. The lowest BCUT2D eigenvalue weighted by Gasteiger charge is -2.32. The summed E-state index contributed by atoms with van der Waals surface area (Å²) in [6.45, 7) is 16.2. The molecule has 0 aliphatic heterocycles. The Bertz CT molecular complexity index is 2380. The average molecular weight is 601 g/mol. The van der Waals surface area contributed by atoms with Crippen molar-refractivity contribution in [3.63, 3.8) is 0 Å². The van der Waals surface area contributed by atoms with Crippen LogP contribution in [0.15, 0.2) is 101 Å². The van der Waals surface area contributed by atoms with Gasteiger partial charge in [0.2, 0.25) is 0 Å². The summed E-state index contributed by atoms with van der Waals surface area (Å²) in [5.74, 6) is 0.407. The molecule has 3 heteroatoms. The second kappa shape index (κ2) is 10.1.